The van der Waals surface area contributed by atoms with E-state index in [-0.39, 0.29) is 10.7 Å². The normalized spacial score (nSPS) is 18.4. The summed E-state index contributed by atoms with van der Waals surface area (Å²) in [5, 5.41) is 3.13. The van der Waals surface area contributed by atoms with Crippen LogP contribution in [-0.2, 0) is 10.0 Å². The quantitative estimate of drug-likeness (QED) is 0.922. The first kappa shape index (κ1) is 15.4. The summed E-state index contributed by atoms with van der Waals surface area (Å²) in [7, 11) is -1.59. The van der Waals surface area contributed by atoms with E-state index in [4.69, 9.17) is 0 Å². The van der Waals surface area contributed by atoms with Crippen molar-refractivity contribution >= 4 is 10.0 Å². The molecule has 0 aromatic heterocycles. The van der Waals surface area contributed by atoms with Crippen molar-refractivity contribution in [1.82, 2.24) is 9.62 Å². The average Bonchev–Trinajstić information content (AvgIpc) is 2.43. The number of hydrogen-bond acceptors (Lipinski definition) is 3. The highest BCUT2D eigenvalue weighted by Gasteiger charge is 2.29. The summed E-state index contributed by atoms with van der Waals surface area (Å²) in [6.07, 6.45) is 1.72. The largest absolute Gasteiger partial charge is 0.319 e. The zero-order valence-electron chi connectivity index (χ0n) is 11.9. The number of aryl methyl sites for hydroxylation is 1. The molecular formula is C14H21FN2O2S. The van der Waals surface area contributed by atoms with E-state index in [9.17, 15) is 12.8 Å². The first-order chi connectivity index (χ1) is 9.45. The van der Waals surface area contributed by atoms with E-state index in [0.717, 1.165) is 19.4 Å². The topological polar surface area (TPSA) is 49.4 Å². The second-order valence-electron chi connectivity index (χ2n) is 5.32. The standard InChI is InChI=1S/C14H21FN2O2S/c1-11-9-13(3-4-14(11)15)20(18,19)17-7-5-12(6-8-17)10-16-2/h3-4,9,12,16H,5-8,10H2,1-2H3. The Labute approximate surface area is 120 Å². The molecule has 1 heterocycles. The van der Waals surface area contributed by atoms with Gasteiger partial charge >= 0.3 is 0 Å². The molecule has 0 saturated carbocycles. The Bertz CT molecular complexity index is 567. The summed E-state index contributed by atoms with van der Waals surface area (Å²) >= 11 is 0. The zero-order chi connectivity index (χ0) is 14.8. The summed E-state index contributed by atoms with van der Waals surface area (Å²) in [6, 6.07) is 3.97. The van der Waals surface area contributed by atoms with Crippen LogP contribution in [0.25, 0.3) is 0 Å². The van der Waals surface area contributed by atoms with Crippen molar-refractivity contribution in [3.63, 3.8) is 0 Å². The van der Waals surface area contributed by atoms with Crippen LogP contribution in [0.15, 0.2) is 23.1 Å². The van der Waals surface area contributed by atoms with Crippen molar-refractivity contribution in [2.24, 2.45) is 5.92 Å². The fourth-order valence-electron chi connectivity index (χ4n) is 2.57. The molecule has 1 aliphatic heterocycles. The molecule has 4 nitrogen and oxygen atoms in total. The number of hydrogen-bond donors (Lipinski definition) is 1. The van der Waals surface area contributed by atoms with Gasteiger partial charge in [-0.15, -0.1) is 0 Å². The maximum absolute atomic E-state index is 13.2. The molecular weight excluding hydrogens is 279 g/mol. The van der Waals surface area contributed by atoms with E-state index in [1.54, 1.807) is 6.92 Å². The van der Waals surface area contributed by atoms with Gasteiger partial charge in [-0.2, -0.15) is 4.31 Å². The van der Waals surface area contributed by atoms with Gasteiger partial charge < -0.3 is 5.32 Å². The lowest BCUT2D eigenvalue weighted by molar-refractivity contribution is 0.270. The summed E-state index contributed by atoms with van der Waals surface area (Å²) < 4.78 is 39.8. The highest BCUT2D eigenvalue weighted by molar-refractivity contribution is 7.89. The first-order valence-corrected chi connectivity index (χ1v) is 8.30. The predicted octanol–water partition coefficient (Wildman–Crippen LogP) is 1.75. The minimum Gasteiger partial charge on any atom is -0.319 e. The predicted molar refractivity (Wildman–Crippen MR) is 76.5 cm³/mol. The Morgan fingerprint density at radius 1 is 1.35 bits per heavy atom. The number of nitrogens with one attached hydrogen (secondary N) is 1. The van der Waals surface area contributed by atoms with Gasteiger partial charge in [0.25, 0.3) is 0 Å². The van der Waals surface area contributed by atoms with Gasteiger partial charge in [-0.25, -0.2) is 12.8 Å². The highest BCUT2D eigenvalue weighted by atomic mass is 32.2. The van der Waals surface area contributed by atoms with Gasteiger partial charge in [0.15, 0.2) is 0 Å². The molecule has 1 aliphatic rings. The van der Waals surface area contributed by atoms with Crippen molar-refractivity contribution in [3.05, 3.63) is 29.6 Å². The maximum Gasteiger partial charge on any atom is 0.243 e. The van der Waals surface area contributed by atoms with Crippen molar-refractivity contribution in [2.75, 3.05) is 26.7 Å². The van der Waals surface area contributed by atoms with Crippen LogP contribution < -0.4 is 5.32 Å². The van der Waals surface area contributed by atoms with Crippen molar-refractivity contribution in [2.45, 2.75) is 24.7 Å². The number of benzene rings is 1. The van der Waals surface area contributed by atoms with Crippen LogP contribution in [0.2, 0.25) is 0 Å². The molecule has 0 radical (unpaired) electrons. The number of piperidine rings is 1. The van der Waals surface area contributed by atoms with Gasteiger partial charge in [0.1, 0.15) is 5.82 Å². The molecule has 1 saturated heterocycles. The zero-order valence-corrected chi connectivity index (χ0v) is 12.7. The number of halogens is 1. The summed E-state index contributed by atoms with van der Waals surface area (Å²) in [5.74, 6) is 0.151. The number of nitrogens with zero attached hydrogens (tertiary/aromatic N) is 1. The molecule has 0 amide bonds. The molecule has 1 N–H and O–H groups in total. The smallest absolute Gasteiger partial charge is 0.243 e. The molecule has 0 atom stereocenters. The third-order valence-electron chi connectivity index (χ3n) is 3.83. The van der Waals surface area contributed by atoms with Gasteiger partial charge in [0.05, 0.1) is 4.90 Å². The van der Waals surface area contributed by atoms with Crippen LogP contribution in [-0.4, -0.2) is 39.4 Å². The minimum atomic E-state index is -3.49. The lowest BCUT2D eigenvalue weighted by atomic mass is 9.98. The van der Waals surface area contributed by atoms with E-state index >= 15 is 0 Å². The Kier molecular flexibility index (Phi) is 4.78. The SMILES string of the molecule is CNCC1CCN(S(=O)(=O)c2ccc(F)c(C)c2)CC1. The van der Waals surface area contributed by atoms with Crippen molar-refractivity contribution in [3.8, 4) is 0 Å². The molecule has 1 aromatic carbocycles. The molecule has 1 fully saturated rings. The van der Waals surface area contributed by atoms with Gasteiger partial charge in [-0.1, -0.05) is 0 Å². The number of sulfonamides is 1. The molecule has 0 spiro atoms. The Morgan fingerprint density at radius 2 is 2.00 bits per heavy atom. The van der Waals surface area contributed by atoms with Crippen LogP contribution in [0.5, 0.6) is 0 Å². The molecule has 6 heteroatoms. The summed E-state index contributed by atoms with van der Waals surface area (Å²) in [4.78, 5) is 0.184. The molecule has 0 unspecified atom stereocenters. The fourth-order valence-corrected chi connectivity index (χ4v) is 4.12. The average molecular weight is 300 g/mol. The van der Waals surface area contributed by atoms with Gasteiger partial charge in [-0.05, 0) is 63.0 Å². The number of rotatable bonds is 4. The molecule has 2 rings (SSSR count). The van der Waals surface area contributed by atoms with Crippen molar-refractivity contribution < 1.29 is 12.8 Å². The van der Waals surface area contributed by atoms with Gasteiger partial charge in [0.2, 0.25) is 10.0 Å². The molecule has 1 aromatic rings. The van der Waals surface area contributed by atoms with Gasteiger partial charge in [0, 0.05) is 13.1 Å². The van der Waals surface area contributed by atoms with Gasteiger partial charge in [-0.3, -0.25) is 0 Å². The van der Waals surface area contributed by atoms with Crippen LogP contribution >= 0.6 is 0 Å². The van der Waals surface area contributed by atoms with E-state index in [0.29, 0.717) is 24.6 Å². The third-order valence-corrected chi connectivity index (χ3v) is 5.73. The van der Waals surface area contributed by atoms with E-state index in [1.807, 2.05) is 7.05 Å². The lowest BCUT2D eigenvalue weighted by Gasteiger charge is -2.31. The van der Waals surface area contributed by atoms with E-state index < -0.39 is 10.0 Å². The van der Waals surface area contributed by atoms with Crippen LogP contribution in [0.4, 0.5) is 4.39 Å². The van der Waals surface area contributed by atoms with Crippen LogP contribution in [0.1, 0.15) is 18.4 Å². The molecule has 112 valence electrons. The Hall–Kier alpha value is -0.980. The lowest BCUT2D eigenvalue weighted by Crippen LogP contribution is -2.40. The third kappa shape index (κ3) is 3.19. The van der Waals surface area contributed by atoms with Crippen molar-refractivity contribution in [1.29, 1.82) is 0 Å². The monoisotopic (exact) mass is 300 g/mol. The highest BCUT2D eigenvalue weighted by Crippen LogP contribution is 2.24. The fraction of sp³-hybridized carbons (Fsp3) is 0.571. The maximum atomic E-state index is 13.2. The second-order valence-corrected chi connectivity index (χ2v) is 7.25. The summed E-state index contributed by atoms with van der Waals surface area (Å²) in [6.45, 7) is 3.56. The molecule has 0 bridgehead atoms. The summed E-state index contributed by atoms with van der Waals surface area (Å²) in [5.41, 5.74) is 0.358. The Morgan fingerprint density at radius 3 is 2.55 bits per heavy atom. The van der Waals surface area contributed by atoms with Crippen LogP contribution in [0, 0.1) is 18.7 Å². The van der Waals surface area contributed by atoms with E-state index in [1.165, 1.54) is 22.5 Å². The Balaban J connectivity index is 2.13. The molecule has 20 heavy (non-hydrogen) atoms. The van der Waals surface area contributed by atoms with E-state index in [2.05, 4.69) is 5.32 Å². The molecule has 0 aliphatic carbocycles. The first-order valence-electron chi connectivity index (χ1n) is 6.86. The second kappa shape index (κ2) is 6.20. The van der Waals surface area contributed by atoms with Crippen LogP contribution in [0.3, 0.4) is 0 Å². The minimum absolute atomic E-state index is 0.184.